The molecule has 0 aliphatic rings. The Morgan fingerprint density at radius 2 is 1.05 bits per heavy atom. The van der Waals surface area contributed by atoms with Gasteiger partial charge in [-0.05, 0) is 42.0 Å². The summed E-state index contributed by atoms with van der Waals surface area (Å²) in [5.41, 5.74) is 0.907. The third kappa shape index (κ3) is 14.5. The molecular weight excluding hydrogens is 512 g/mol. The van der Waals surface area contributed by atoms with Crippen LogP contribution >= 0.6 is 0 Å². The minimum absolute atomic E-state index is 0.274. The van der Waals surface area contributed by atoms with Crippen molar-refractivity contribution < 1.29 is 12.6 Å². The maximum absolute atomic E-state index is 13.4. The summed E-state index contributed by atoms with van der Waals surface area (Å²) in [6, 6.07) is 11.9. The summed E-state index contributed by atoms with van der Waals surface area (Å²) in [5.74, 6) is 1.63. The van der Waals surface area contributed by atoms with Crippen LogP contribution in [0.4, 0.5) is 0 Å². The van der Waals surface area contributed by atoms with E-state index in [1.54, 1.807) is 0 Å². The Bertz CT molecular complexity index is 1030. The van der Waals surface area contributed by atoms with Gasteiger partial charge >= 0.3 is 0 Å². The second kappa shape index (κ2) is 20.5. The van der Waals surface area contributed by atoms with Gasteiger partial charge < -0.3 is 0 Å². The molecule has 228 valence electrons. The second-order valence-corrected chi connectivity index (χ2v) is 14.4. The monoisotopic (exact) mass is 572 g/mol. The number of benzene rings is 2. The first-order chi connectivity index (χ1) is 19.3. The van der Waals surface area contributed by atoms with E-state index in [9.17, 15) is 8.42 Å². The average Bonchev–Trinajstić information content (AvgIpc) is 2.92. The Morgan fingerprint density at radius 1 is 0.575 bits per heavy atom. The SMILES string of the molecule is CC(C)CCCCCCCCCCOS(=O)(=O)c1c(CCCCCCCCCCC(C)C)ccc2ccccc12. The molecule has 3 nitrogen and oxygen atoms in total. The molecule has 0 spiro atoms. The fourth-order valence-electron chi connectivity index (χ4n) is 5.65. The maximum atomic E-state index is 13.4. The summed E-state index contributed by atoms with van der Waals surface area (Å²) in [6.07, 6.45) is 23.0. The molecular formula is C36H60O3S. The number of aryl methyl sites for hydroxylation is 1. The first-order valence-electron chi connectivity index (χ1n) is 16.7. The zero-order chi connectivity index (χ0) is 29.1. The molecule has 0 saturated carbocycles. The van der Waals surface area contributed by atoms with E-state index in [0.717, 1.165) is 66.7 Å². The van der Waals surface area contributed by atoms with Crippen LogP contribution in [0.15, 0.2) is 41.3 Å². The zero-order valence-corrected chi connectivity index (χ0v) is 27.2. The zero-order valence-electron chi connectivity index (χ0n) is 26.4. The van der Waals surface area contributed by atoms with Gasteiger partial charge in [-0.1, -0.05) is 167 Å². The number of hydrogen-bond acceptors (Lipinski definition) is 3. The van der Waals surface area contributed by atoms with E-state index < -0.39 is 10.1 Å². The third-order valence-corrected chi connectivity index (χ3v) is 9.56. The largest absolute Gasteiger partial charge is 0.297 e. The van der Waals surface area contributed by atoms with Gasteiger partial charge in [-0.3, -0.25) is 4.18 Å². The molecule has 0 saturated heterocycles. The molecule has 0 bridgehead atoms. The van der Waals surface area contributed by atoms with Crippen LogP contribution in [0.5, 0.6) is 0 Å². The maximum Gasteiger partial charge on any atom is 0.297 e. The van der Waals surface area contributed by atoms with Crippen molar-refractivity contribution in [1.29, 1.82) is 0 Å². The molecule has 4 heteroatoms. The van der Waals surface area contributed by atoms with Crippen LogP contribution in [0.3, 0.4) is 0 Å². The quantitative estimate of drug-likeness (QED) is 0.0928. The topological polar surface area (TPSA) is 43.4 Å². The number of unbranched alkanes of at least 4 members (excludes halogenated alkanes) is 14. The van der Waals surface area contributed by atoms with Crippen molar-refractivity contribution in [3.05, 3.63) is 42.0 Å². The lowest BCUT2D eigenvalue weighted by molar-refractivity contribution is 0.306. The van der Waals surface area contributed by atoms with E-state index in [1.165, 1.54) is 83.5 Å². The van der Waals surface area contributed by atoms with Gasteiger partial charge in [0.1, 0.15) is 4.90 Å². The summed E-state index contributed by atoms with van der Waals surface area (Å²) in [7, 11) is -3.80. The van der Waals surface area contributed by atoms with Crippen molar-refractivity contribution in [2.75, 3.05) is 6.61 Å². The molecule has 0 amide bonds. The molecule has 0 N–H and O–H groups in total. The molecule has 2 aromatic carbocycles. The summed E-state index contributed by atoms with van der Waals surface area (Å²) in [5, 5.41) is 1.75. The van der Waals surface area contributed by atoms with Gasteiger partial charge in [-0.15, -0.1) is 0 Å². The van der Waals surface area contributed by atoms with Crippen LogP contribution in [0.2, 0.25) is 0 Å². The van der Waals surface area contributed by atoms with Crippen LogP contribution in [-0.4, -0.2) is 15.0 Å². The Hall–Kier alpha value is -1.39. The van der Waals surface area contributed by atoms with Crippen molar-refractivity contribution in [2.24, 2.45) is 11.8 Å². The first kappa shape index (κ1) is 34.8. The number of rotatable bonds is 24. The van der Waals surface area contributed by atoms with E-state index >= 15 is 0 Å². The summed E-state index contributed by atoms with van der Waals surface area (Å²) >= 11 is 0. The second-order valence-electron chi connectivity index (χ2n) is 12.8. The van der Waals surface area contributed by atoms with E-state index in [-0.39, 0.29) is 6.61 Å². The standard InChI is InChI=1S/C36H60O3S/c1-31(2)23-17-13-9-5-6-11-15-19-26-34-29-28-33-25-20-21-27-35(33)36(34)40(37,38)39-30-22-16-12-8-7-10-14-18-24-32(3)4/h20-21,25,27-29,31-32H,5-19,22-24,26,30H2,1-4H3. The highest BCUT2D eigenvalue weighted by Gasteiger charge is 2.22. The molecule has 0 unspecified atom stereocenters. The lowest BCUT2D eigenvalue weighted by atomic mass is 10.0. The van der Waals surface area contributed by atoms with Gasteiger partial charge in [0.2, 0.25) is 0 Å². The van der Waals surface area contributed by atoms with E-state index in [2.05, 4.69) is 33.8 Å². The highest BCUT2D eigenvalue weighted by atomic mass is 32.2. The molecule has 2 rings (SSSR count). The third-order valence-electron chi connectivity index (χ3n) is 8.10. The molecule has 0 fully saturated rings. The number of hydrogen-bond donors (Lipinski definition) is 0. The fraction of sp³-hybridized carbons (Fsp3) is 0.722. The lowest BCUT2D eigenvalue weighted by Crippen LogP contribution is -2.11. The van der Waals surface area contributed by atoms with Crippen LogP contribution in [0, 0.1) is 11.8 Å². The van der Waals surface area contributed by atoms with Gasteiger partial charge in [0.15, 0.2) is 0 Å². The van der Waals surface area contributed by atoms with Crippen LogP contribution in [-0.2, 0) is 20.7 Å². The summed E-state index contributed by atoms with van der Waals surface area (Å²) in [6.45, 7) is 9.47. The van der Waals surface area contributed by atoms with Gasteiger partial charge in [0, 0.05) is 5.39 Å². The van der Waals surface area contributed by atoms with Crippen molar-refractivity contribution in [3.63, 3.8) is 0 Å². The van der Waals surface area contributed by atoms with Crippen LogP contribution in [0.25, 0.3) is 10.8 Å². The number of fused-ring (bicyclic) bond motifs is 1. The summed E-state index contributed by atoms with van der Waals surface area (Å²) in [4.78, 5) is 0.400. The smallest absolute Gasteiger partial charge is 0.266 e. The molecule has 0 heterocycles. The van der Waals surface area contributed by atoms with Gasteiger partial charge in [0.05, 0.1) is 6.61 Å². The Labute approximate surface area is 248 Å². The molecule has 0 atom stereocenters. The molecule has 0 aliphatic carbocycles. The van der Waals surface area contributed by atoms with Crippen molar-refractivity contribution in [1.82, 2.24) is 0 Å². The molecule has 0 radical (unpaired) electrons. The lowest BCUT2D eigenvalue weighted by Gasteiger charge is -2.14. The minimum atomic E-state index is -3.80. The predicted octanol–water partition coefficient (Wildman–Crippen LogP) is 11.4. The van der Waals surface area contributed by atoms with Crippen molar-refractivity contribution >= 4 is 20.9 Å². The van der Waals surface area contributed by atoms with E-state index in [4.69, 9.17) is 4.18 Å². The fourth-order valence-corrected chi connectivity index (χ4v) is 7.05. The average molecular weight is 573 g/mol. The van der Waals surface area contributed by atoms with Crippen LogP contribution < -0.4 is 0 Å². The summed E-state index contributed by atoms with van der Waals surface area (Å²) < 4.78 is 32.5. The highest BCUT2D eigenvalue weighted by Crippen LogP contribution is 2.30. The normalized spacial score (nSPS) is 12.2. The van der Waals surface area contributed by atoms with E-state index in [0.29, 0.717) is 4.90 Å². The van der Waals surface area contributed by atoms with Crippen molar-refractivity contribution in [2.45, 2.75) is 155 Å². The highest BCUT2D eigenvalue weighted by molar-refractivity contribution is 7.87. The van der Waals surface area contributed by atoms with E-state index in [1.807, 2.05) is 30.3 Å². The Balaban J connectivity index is 1.76. The Morgan fingerprint density at radius 3 is 1.60 bits per heavy atom. The van der Waals surface area contributed by atoms with Crippen molar-refractivity contribution in [3.8, 4) is 0 Å². The Kier molecular flexibility index (Phi) is 17.8. The molecule has 0 aromatic heterocycles. The predicted molar refractivity (Wildman–Crippen MR) is 174 cm³/mol. The molecule has 2 aromatic rings. The van der Waals surface area contributed by atoms with Gasteiger partial charge in [-0.2, -0.15) is 8.42 Å². The van der Waals surface area contributed by atoms with Gasteiger partial charge in [-0.25, -0.2) is 0 Å². The van der Waals surface area contributed by atoms with Gasteiger partial charge in [0.25, 0.3) is 10.1 Å². The first-order valence-corrected chi connectivity index (χ1v) is 18.1. The molecule has 0 aliphatic heterocycles. The minimum Gasteiger partial charge on any atom is -0.266 e. The van der Waals surface area contributed by atoms with Crippen LogP contribution in [0.1, 0.15) is 149 Å². The molecule has 40 heavy (non-hydrogen) atoms.